The average molecular weight is 708 g/mol. The second kappa shape index (κ2) is 40.9. The summed E-state index contributed by atoms with van der Waals surface area (Å²) in [5, 5.41) is 33.2. The van der Waals surface area contributed by atoms with E-state index in [1.54, 1.807) is 6.08 Å². The predicted molar refractivity (Wildman–Crippen MR) is 218 cm³/mol. The molecule has 5 nitrogen and oxygen atoms in total. The number of unbranched alkanes of at least 4 members (excludes halogenated alkanes) is 32. The molecule has 298 valence electrons. The van der Waals surface area contributed by atoms with Gasteiger partial charge in [0.25, 0.3) is 0 Å². The van der Waals surface area contributed by atoms with Gasteiger partial charge in [-0.15, -0.1) is 0 Å². The van der Waals surface area contributed by atoms with Crippen LogP contribution in [0.3, 0.4) is 0 Å². The minimum atomic E-state index is -0.924. The number of carbonyl (C=O) groups excluding carboxylic acids is 1. The molecular formula is C45H89NO4. The molecule has 0 spiro atoms. The summed E-state index contributed by atoms with van der Waals surface area (Å²) in [6.45, 7) is 4.23. The lowest BCUT2D eigenvalue weighted by atomic mass is 10.0. The number of allylic oxidation sites excluding steroid dienone is 1. The van der Waals surface area contributed by atoms with Crippen molar-refractivity contribution in [3.05, 3.63) is 12.2 Å². The van der Waals surface area contributed by atoms with Crippen molar-refractivity contribution in [3.8, 4) is 0 Å². The molecule has 0 radical (unpaired) electrons. The Morgan fingerprint density at radius 2 is 0.820 bits per heavy atom. The normalized spacial score (nSPS) is 13.6. The van der Waals surface area contributed by atoms with Gasteiger partial charge < -0.3 is 20.6 Å². The lowest BCUT2D eigenvalue weighted by molar-refractivity contribution is -0.124. The van der Waals surface area contributed by atoms with Gasteiger partial charge in [-0.3, -0.25) is 4.79 Å². The third-order valence-corrected chi connectivity index (χ3v) is 10.6. The zero-order valence-electron chi connectivity index (χ0n) is 33.8. The topological polar surface area (TPSA) is 89.8 Å². The predicted octanol–water partition coefficient (Wildman–Crippen LogP) is 12.8. The van der Waals surface area contributed by atoms with E-state index in [1.807, 2.05) is 6.08 Å². The molecule has 3 unspecified atom stereocenters. The highest BCUT2D eigenvalue weighted by atomic mass is 16.3. The Labute approximate surface area is 312 Å². The molecule has 0 saturated carbocycles. The van der Waals surface area contributed by atoms with Gasteiger partial charge in [0.2, 0.25) is 5.91 Å². The van der Waals surface area contributed by atoms with Crippen molar-refractivity contribution in [2.45, 2.75) is 263 Å². The summed E-state index contributed by atoms with van der Waals surface area (Å²) in [5.74, 6) is -0.312. The van der Waals surface area contributed by atoms with Gasteiger partial charge in [-0.2, -0.15) is 0 Å². The molecule has 3 atom stereocenters. The highest BCUT2D eigenvalue weighted by Gasteiger charge is 2.20. The van der Waals surface area contributed by atoms with Crippen molar-refractivity contribution in [1.82, 2.24) is 5.32 Å². The number of amides is 1. The van der Waals surface area contributed by atoms with Gasteiger partial charge >= 0.3 is 0 Å². The molecule has 0 aromatic carbocycles. The third kappa shape index (κ3) is 36.9. The minimum Gasteiger partial charge on any atom is -0.394 e. The van der Waals surface area contributed by atoms with Crippen LogP contribution in [0.1, 0.15) is 245 Å². The standard InChI is InChI=1S/C45H89NO4/c1-3-5-7-9-11-13-15-17-19-20-21-22-23-25-27-29-31-33-35-37-39-44(49)43(41-47)46-45(50)40-42(48)38-36-34-32-30-28-26-24-18-16-14-12-10-8-6-4-2/h37,39,42-44,47-49H,3-36,38,40-41H2,1-2H3,(H,46,50)/b39-37+. The van der Waals surface area contributed by atoms with Crippen molar-refractivity contribution in [3.63, 3.8) is 0 Å². The van der Waals surface area contributed by atoms with Gasteiger partial charge in [-0.25, -0.2) is 0 Å². The van der Waals surface area contributed by atoms with E-state index in [9.17, 15) is 20.1 Å². The molecule has 0 aliphatic heterocycles. The lowest BCUT2D eigenvalue weighted by Gasteiger charge is -2.21. The number of carbonyl (C=O) groups is 1. The number of aliphatic hydroxyl groups is 3. The summed E-state index contributed by atoms with van der Waals surface area (Å²) in [5.41, 5.74) is 0. The Morgan fingerprint density at radius 1 is 0.500 bits per heavy atom. The zero-order valence-corrected chi connectivity index (χ0v) is 33.8. The van der Waals surface area contributed by atoms with Crippen molar-refractivity contribution in [2.24, 2.45) is 0 Å². The van der Waals surface area contributed by atoms with Crippen LogP contribution in [0, 0.1) is 0 Å². The van der Waals surface area contributed by atoms with Crippen LogP contribution in [0.25, 0.3) is 0 Å². The van der Waals surface area contributed by atoms with Crippen molar-refractivity contribution in [1.29, 1.82) is 0 Å². The van der Waals surface area contributed by atoms with E-state index in [-0.39, 0.29) is 18.9 Å². The van der Waals surface area contributed by atoms with E-state index in [1.165, 1.54) is 193 Å². The molecule has 1 amide bonds. The summed E-state index contributed by atoms with van der Waals surface area (Å²) in [7, 11) is 0. The van der Waals surface area contributed by atoms with E-state index in [0.29, 0.717) is 6.42 Å². The summed E-state index contributed by atoms with van der Waals surface area (Å²) in [6, 6.07) is -0.739. The molecular weight excluding hydrogens is 618 g/mol. The molecule has 4 N–H and O–H groups in total. The second-order valence-electron chi connectivity index (χ2n) is 15.7. The molecule has 0 rings (SSSR count). The first-order valence-electron chi connectivity index (χ1n) is 22.5. The fourth-order valence-electron chi connectivity index (χ4n) is 7.11. The molecule has 0 aliphatic rings. The quantitative estimate of drug-likeness (QED) is 0.0376. The van der Waals surface area contributed by atoms with E-state index < -0.39 is 18.2 Å². The highest BCUT2D eigenvalue weighted by Crippen LogP contribution is 2.16. The van der Waals surface area contributed by atoms with Crippen LogP contribution in [-0.4, -0.2) is 46.1 Å². The van der Waals surface area contributed by atoms with E-state index in [2.05, 4.69) is 19.2 Å². The zero-order chi connectivity index (χ0) is 36.6. The van der Waals surface area contributed by atoms with Crippen LogP contribution in [0.4, 0.5) is 0 Å². The molecule has 0 aliphatic carbocycles. The number of rotatable bonds is 41. The van der Waals surface area contributed by atoms with Crippen molar-refractivity contribution in [2.75, 3.05) is 6.61 Å². The highest BCUT2D eigenvalue weighted by molar-refractivity contribution is 5.76. The molecule has 0 bridgehead atoms. The van der Waals surface area contributed by atoms with Gasteiger partial charge in [-0.1, -0.05) is 231 Å². The van der Waals surface area contributed by atoms with Gasteiger partial charge in [0.15, 0.2) is 0 Å². The second-order valence-corrected chi connectivity index (χ2v) is 15.7. The Kier molecular flexibility index (Phi) is 40.1. The summed E-state index contributed by atoms with van der Waals surface area (Å²) >= 11 is 0. The fraction of sp³-hybridized carbons (Fsp3) is 0.933. The fourth-order valence-corrected chi connectivity index (χ4v) is 7.11. The van der Waals surface area contributed by atoms with Crippen LogP contribution < -0.4 is 5.32 Å². The van der Waals surface area contributed by atoms with Crippen LogP contribution in [0.5, 0.6) is 0 Å². The maximum Gasteiger partial charge on any atom is 0.222 e. The summed E-state index contributed by atoms with van der Waals surface area (Å²) in [4.78, 5) is 12.4. The van der Waals surface area contributed by atoms with Gasteiger partial charge in [0.1, 0.15) is 0 Å². The first-order valence-corrected chi connectivity index (χ1v) is 22.5. The van der Waals surface area contributed by atoms with E-state index in [4.69, 9.17) is 0 Å². The first kappa shape index (κ1) is 49.1. The summed E-state index contributed by atoms with van der Waals surface area (Å²) in [6.07, 6.45) is 47.8. The first-order chi connectivity index (χ1) is 24.5. The molecule has 50 heavy (non-hydrogen) atoms. The van der Waals surface area contributed by atoms with Crippen LogP contribution in [0.15, 0.2) is 12.2 Å². The van der Waals surface area contributed by atoms with E-state index >= 15 is 0 Å². The minimum absolute atomic E-state index is 0.0187. The largest absolute Gasteiger partial charge is 0.394 e. The van der Waals surface area contributed by atoms with E-state index in [0.717, 1.165) is 25.7 Å². The SMILES string of the molecule is CCCCCCCCCCCCCCCCCCCC/C=C/C(O)C(CO)NC(=O)CC(O)CCCCCCCCCCCCCCCCC. The number of hydrogen-bond donors (Lipinski definition) is 4. The summed E-state index contributed by atoms with van der Waals surface area (Å²) < 4.78 is 0. The number of nitrogens with one attached hydrogen (secondary N) is 1. The maximum absolute atomic E-state index is 12.4. The Balaban J connectivity index is 3.63. The molecule has 0 aromatic heterocycles. The Morgan fingerprint density at radius 3 is 1.16 bits per heavy atom. The van der Waals surface area contributed by atoms with Crippen LogP contribution in [-0.2, 0) is 4.79 Å². The number of hydrogen-bond acceptors (Lipinski definition) is 4. The van der Waals surface area contributed by atoms with Crippen molar-refractivity contribution < 1.29 is 20.1 Å². The number of aliphatic hydroxyl groups excluding tert-OH is 3. The molecule has 0 aromatic rings. The lowest BCUT2D eigenvalue weighted by Crippen LogP contribution is -2.45. The molecule has 0 fully saturated rings. The monoisotopic (exact) mass is 708 g/mol. The average Bonchev–Trinajstić information content (AvgIpc) is 3.11. The van der Waals surface area contributed by atoms with Gasteiger partial charge in [0, 0.05) is 0 Å². The molecule has 5 heteroatoms. The van der Waals surface area contributed by atoms with Gasteiger partial charge in [-0.05, 0) is 19.3 Å². The molecule has 0 heterocycles. The van der Waals surface area contributed by atoms with Crippen LogP contribution in [0.2, 0.25) is 0 Å². The Bertz CT molecular complexity index is 699. The Hall–Kier alpha value is -0.910. The molecule has 0 saturated heterocycles. The maximum atomic E-state index is 12.4. The van der Waals surface area contributed by atoms with Crippen molar-refractivity contribution >= 4 is 5.91 Å². The van der Waals surface area contributed by atoms with Crippen LogP contribution >= 0.6 is 0 Å². The third-order valence-electron chi connectivity index (χ3n) is 10.6. The smallest absolute Gasteiger partial charge is 0.222 e. The van der Waals surface area contributed by atoms with Gasteiger partial charge in [0.05, 0.1) is 31.3 Å².